The second-order valence-electron chi connectivity index (χ2n) is 4.47. The fraction of sp³-hybridized carbons (Fsp3) is 0.133. The van der Waals surface area contributed by atoms with E-state index in [1.54, 1.807) is 28.8 Å². The molecule has 3 rings (SSSR count). The Morgan fingerprint density at radius 3 is 2.86 bits per heavy atom. The monoisotopic (exact) mass is 358 g/mol. The zero-order valence-corrected chi connectivity index (χ0v) is 13.4. The van der Waals surface area contributed by atoms with E-state index in [4.69, 9.17) is 4.74 Å². The number of phenols is 1. The number of aliphatic imine (C=N–C) groups is 1. The standard InChI is InChI=1S/C15H11BrN4O2/c1-9-5-3-6-10(17-9)14-18-19-15(16)20(14)13-11(21)7-4-8-12(13)22-2/h4-5,7-8,21H,1-2H3. The maximum Gasteiger partial charge on any atom is 0.205 e. The van der Waals surface area contributed by atoms with Gasteiger partial charge in [0.05, 0.1) is 7.11 Å². The van der Waals surface area contributed by atoms with Gasteiger partial charge < -0.3 is 9.84 Å². The smallest absolute Gasteiger partial charge is 0.205 e. The first-order valence-electron chi connectivity index (χ1n) is 6.36. The fourth-order valence-electron chi connectivity index (χ4n) is 2.07. The number of halogens is 1. The highest BCUT2D eigenvalue weighted by Gasteiger charge is 2.21. The molecule has 1 aliphatic rings. The Bertz CT molecular complexity index is 885. The minimum Gasteiger partial charge on any atom is -0.506 e. The van der Waals surface area contributed by atoms with E-state index in [1.165, 1.54) is 7.11 Å². The Hall–Kier alpha value is -2.59. The zero-order chi connectivity index (χ0) is 15.7. The van der Waals surface area contributed by atoms with Crippen molar-refractivity contribution in [3.05, 3.63) is 46.3 Å². The van der Waals surface area contributed by atoms with E-state index in [-0.39, 0.29) is 5.75 Å². The Morgan fingerprint density at radius 2 is 2.14 bits per heavy atom. The molecule has 1 aliphatic heterocycles. The van der Waals surface area contributed by atoms with Gasteiger partial charge in [-0.2, -0.15) is 0 Å². The SMILES string of the molecule is COc1cccc(O)c1-n1c(Br)nnc1C1=C=C=CC(C)=N1. The third-order valence-corrected chi connectivity index (χ3v) is 3.53. The van der Waals surface area contributed by atoms with Crippen LogP contribution in [0.25, 0.3) is 11.4 Å². The van der Waals surface area contributed by atoms with Crippen LogP contribution in [0, 0.1) is 0 Å². The molecule has 1 aromatic heterocycles. The molecule has 2 heterocycles. The average Bonchev–Trinajstić information content (AvgIpc) is 2.88. The topological polar surface area (TPSA) is 72.5 Å². The van der Waals surface area contributed by atoms with Gasteiger partial charge in [0.2, 0.25) is 4.73 Å². The van der Waals surface area contributed by atoms with Crippen molar-refractivity contribution in [2.24, 2.45) is 4.99 Å². The number of hydrogen-bond donors (Lipinski definition) is 1. The maximum atomic E-state index is 10.2. The molecule has 0 unspecified atom stereocenters. The first-order valence-corrected chi connectivity index (χ1v) is 7.15. The Morgan fingerprint density at radius 1 is 1.32 bits per heavy atom. The number of nitrogens with zero attached hydrogens (tertiary/aromatic N) is 4. The summed E-state index contributed by atoms with van der Waals surface area (Å²) < 4.78 is 7.35. The van der Waals surface area contributed by atoms with E-state index in [2.05, 4.69) is 42.6 Å². The van der Waals surface area contributed by atoms with E-state index in [1.807, 2.05) is 6.92 Å². The largest absolute Gasteiger partial charge is 0.506 e. The number of methoxy groups -OCH3 is 1. The predicted octanol–water partition coefficient (Wildman–Crippen LogP) is 2.87. The van der Waals surface area contributed by atoms with Crippen molar-refractivity contribution in [2.45, 2.75) is 6.92 Å². The molecule has 0 saturated heterocycles. The van der Waals surface area contributed by atoms with Gasteiger partial charge in [-0.3, -0.25) is 4.57 Å². The van der Waals surface area contributed by atoms with E-state index in [0.29, 0.717) is 27.7 Å². The predicted molar refractivity (Wildman–Crippen MR) is 85.4 cm³/mol. The molecule has 7 heteroatoms. The lowest BCUT2D eigenvalue weighted by molar-refractivity contribution is 0.404. The van der Waals surface area contributed by atoms with Gasteiger partial charge >= 0.3 is 0 Å². The fourth-order valence-corrected chi connectivity index (χ4v) is 2.49. The summed E-state index contributed by atoms with van der Waals surface area (Å²) in [6.45, 7) is 1.85. The first kappa shape index (κ1) is 14.4. The number of rotatable bonds is 3. The molecule has 0 radical (unpaired) electrons. The van der Waals surface area contributed by atoms with Crippen molar-refractivity contribution in [1.82, 2.24) is 14.8 Å². The van der Waals surface area contributed by atoms with Crippen LogP contribution in [0.3, 0.4) is 0 Å². The van der Waals surface area contributed by atoms with Gasteiger partial charge in [-0.05, 0) is 40.7 Å². The summed E-state index contributed by atoms with van der Waals surface area (Å²) in [5, 5.41) is 18.3. The van der Waals surface area contributed by atoms with Crippen LogP contribution >= 0.6 is 15.9 Å². The molecule has 2 aromatic rings. The number of allylic oxidation sites excluding steroid dienone is 1. The van der Waals surface area contributed by atoms with Crippen LogP contribution in [0.2, 0.25) is 0 Å². The van der Waals surface area contributed by atoms with Crippen molar-refractivity contribution >= 4 is 27.3 Å². The lowest BCUT2D eigenvalue weighted by Gasteiger charge is -2.13. The highest BCUT2D eigenvalue weighted by Crippen LogP contribution is 2.35. The van der Waals surface area contributed by atoms with Crippen molar-refractivity contribution in [2.75, 3.05) is 7.11 Å². The molecule has 6 nitrogen and oxygen atoms in total. The quantitative estimate of drug-likeness (QED) is 0.856. The first-order chi connectivity index (χ1) is 10.6. The van der Waals surface area contributed by atoms with Gasteiger partial charge in [0.1, 0.15) is 17.2 Å². The molecule has 0 aliphatic carbocycles. The van der Waals surface area contributed by atoms with Crippen LogP contribution in [-0.4, -0.2) is 32.7 Å². The molecule has 22 heavy (non-hydrogen) atoms. The summed E-state index contributed by atoms with van der Waals surface area (Å²) in [4.78, 5) is 4.37. The molecule has 1 aromatic carbocycles. The van der Waals surface area contributed by atoms with Gasteiger partial charge in [0.15, 0.2) is 11.5 Å². The van der Waals surface area contributed by atoms with E-state index in [9.17, 15) is 5.11 Å². The molecule has 0 fully saturated rings. The lowest BCUT2D eigenvalue weighted by atomic mass is 10.2. The van der Waals surface area contributed by atoms with Gasteiger partial charge in [-0.15, -0.1) is 10.2 Å². The summed E-state index contributed by atoms with van der Waals surface area (Å²) in [5.41, 5.74) is 7.47. The maximum absolute atomic E-state index is 10.2. The molecule has 0 spiro atoms. The molecule has 1 N–H and O–H groups in total. The summed E-state index contributed by atoms with van der Waals surface area (Å²) in [5.74, 6) is 0.947. The van der Waals surface area contributed by atoms with Crippen molar-refractivity contribution < 1.29 is 9.84 Å². The van der Waals surface area contributed by atoms with Crippen molar-refractivity contribution in [3.8, 4) is 17.2 Å². The third-order valence-electron chi connectivity index (χ3n) is 3.02. The highest BCUT2D eigenvalue weighted by molar-refractivity contribution is 9.10. The molecule has 110 valence electrons. The molecule has 0 saturated carbocycles. The highest BCUT2D eigenvalue weighted by atomic mass is 79.9. The number of aromatic nitrogens is 3. The van der Waals surface area contributed by atoms with Crippen LogP contribution in [0.1, 0.15) is 12.7 Å². The van der Waals surface area contributed by atoms with E-state index in [0.717, 1.165) is 5.71 Å². The minimum absolute atomic E-state index is 0.0396. The number of benzene rings is 1. The molecular weight excluding hydrogens is 348 g/mol. The van der Waals surface area contributed by atoms with Crippen molar-refractivity contribution in [3.63, 3.8) is 0 Å². The summed E-state index contributed by atoms with van der Waals surface area (Å²) in [7, 11) is 1.53. The minimum atomic E-state index is 0.0396. The average molecular weight is 359 g/mol. The summed E-state index contributed by atoms with van der Waals surface area (Å²) >= 11 is 3.34. The third kappa shape index (κ3) is 2.38. The number of para-hydroxylation sites is 1. The number of phenolic OH excluding ortho intramolecular Hbond substituents is 1. The molecule has 0 atom stereocenters. The van der Waals surface area contributed by atoms with E-state index < -0.39 is 0 Å². The number of aromatic hydroxyl groups is 1. The van der Waals surface area contributed by atoms with Gasteiger partial charge in [0, 0.05) is 11.8 Å². The van der Waals surface area contributed by atoms with Gasteiger partial charge in [0.25, 0.3) is 0 Å². The van der Waals surface area contributed by atoms with Crippen LogP contribution in [0.5, 0.6) is 11.5 Å². The van der Waals surface area contributed by atoms with E-state index >= 15 is 0 Å². The second-order valence-corrected chi connectivity index (χ2v) is 5.18. The summed E-state index contributed by atoms with van der Waals surface area (Å²) in [6, 6.07) is 5.00. The van der Waals surface area contributed by atoms with Crippen LogP contribution in [0.4, 0.5) is 0 Å². The van der Waals surface area contributed by atoms with Gasteiger partial charge in [-0.25, -0.2) is 4.99 Å². The summed E-state index contributed by atoms with van der Waals surface area (Å²) in [6.07, 6.45) is 1.72. The van der Waals surface area contributed by atoms with Crippen LogP contribution in [0.15, 0.2) is 45.5 Å². The number of hydrogen-bond acceptors (Lipinski definition) is 5. The Kier molecular flexibility index (Phi) is 3.69. The Balaban J connectivity index is 2.29. The van der Waals surface area contributed by atoms with Crippen LogP contribution in [-0.2, 0) is 0 Å². The normalized spacial score (nSPS) is 13.0. The zero-order valence-electron chi connectivity index (χ0n) is 11.8. The van der Waals surface area contributed by atoms with Gasteiger partial charge in [-0.1, -0.05) is 11.8 Å². The number of ether oxygens (including phenoxy) is 1. The molecular formula is C15H11BrN4O2. The molecule has 0 amide bonds. The lowest BCUT2D eigenvalue weighted by Crippen LogP contribution is -2.04. The Labute approximate surface area is 134 Å². The van der Waals surface area contributed by atoms with Crippen LogP contribution < -0.4 is 4.74 Å². The molecule has 0 bridgehead atoms. The second kappa shape index (κ2) is 5.66. The van der Waals surface area contributed by atoms with Crippen molar-refractivity contribution in [1.29, 1.82) is 0 Å².